The van der Waals surface area contributed by atoms with Crippen LogP contribution in [0, 0.1) is 0 Å². The standard InChI is InChI=1S/C9H14N5O4P/c1-5(19(16,17)18)7(15)3-14-4-12-6-2-11-9(10)13-8(6)14/h2,4-5,7,15H,3H2,1H3,(H2,10,11,13)(H2,16,17,18)/t5?,7-/m1/s1. The van der Waals surface area contributed by atoms with Crippen LogP contribution in [-0.4, -0.2) is 46.2 Å². The molecule has 0 bridgehead atoms. The Morgan fingerprint density at radius 2 is 2.16 bits per heavy atom. The largest absolute Gasteiger partial charge is 0.390 e. The predicted octanol–water partition coefficient (Wildman–Crippen LogP) is -0.664. The Hall–Kier alpha value is -1.54. The molecule has 0 radical (unpaired) electrons. The van der Waals surface area contributed by atoms with Gasteiger partial charge in [0.15, 0.2) is 5.65 Å². The van der Waals surface area contributed by atoms with Crippen molar-refractivity contribution in [2.75, 3.05) is 5.73 Å². The molecule has 2 aromatic rings. The van der Waals surface area contributed by atoms with Crippen LogP contribution in [0.3, 0.4) is 0 Å². The fourth-order valence-corrected chi connectivity index (χ4v) is 2.12. The van der Waals surface area contributed by atoms with E-state index in [1.807, 2.05) is 0 Å². The van der Waals surface area contributed by atoms with Gasteiger partial charge in [-0.05, 0) is 6.92 Å². The van der Waals surface area contributed by atoms with Gasteiger partial charge in [0.1, 0.15) is 5.52 Å². The van der Waals surface area contributed by atoms with Crippen molar-refractivity contribution in [2.45, 2.75) is 25.2 Å². The van der Waals surface area contributed by atoms with Crippen molar-refractivity contribution in [3.63, 3.8) is 0 Å². The van der Waals surface area contributed by atoms with Gasteiger partial charge >= 0.3 is 7.60 Å². The molecular weight excluding hydrogens is 273 g/mol. The van der Waals surface area contributed by atoms with Gasteiger partial charge in [-0.25, -0.2) is 9.97 Å². The van der Waals surface area contributed by atoms with Crippen molar-refractivity contribution >= 4 is 24.7 Å². The topological polar surface area (TPSA) is 147 Å². The average molecular weight is 287 g/mol. The summed E-state index contributed by atoms with van der Waals surface area (Å²) < 4.78 is 12.6. The molecule has 0 aliphatic heterocycles. The fourth-order valence-electron chi connectivity index (χ4n) is 1.58. The lowest BCUT2D eigenvalue weighted by molar-refractivity contribution is 0.143. The molecule has 1 unspecified atom stereocenters. The number of hydrogen-bond donors (Lipinski definition) is 4. The van der Waals surface area contributed by atoms with Crippen LogP contribution in [0.15, 0.2) is 12.5 Å². The molecule has 2 aromatic heterocycles. The number of aliphatic hydroxyl groups excluding tert-OH is 1. The van der Waals surface area contributed by atoms with Crippen molar-refractivity contribution in [1.82, 2.24) is 19.5 Å². The quantitative estimate of drug-likeness (QED) is 0.541. The molecular formula is C9H14N5O4P. The minimum atomic E-state index is -4.34. The summed E-state index contributed by atoms with van der Waals surface area (Å²) in [6, 6.07) is 0. The third-order valence-electron chi connectivity index (χ3n) is 2.85. The normalized spacial score (nSPS) is 15.6. The molecule has 0 aliphatic carbocycles. The number of nitrogens with zero attached hydrogens (tertiary/aromatic N) is 4. The number of rotatable bonds is 4. The van der Waals surface area contributed by atoms with Crippen LogP contribution < -0.4 is 5.73 Å². The highest BCUT2D eigenvalue weighted by molar-refractivity contribution is 7.52. The number of nitrogens with two attached hydrogens (primary N) is 1. The summed E-state index contributed by atoms with van der Waals surface area (Å²) in [5.74, 6) is 0.0618. The first-order valence-electron chi connectivity index (χ1n) is 5.45. The summed E-state index contributed by atoms with van der Waals surface area (Å²) in [7, 11) is -4.34. The summed E-state index contributed by atoms with van der Waals surface area (Å²) >= 11 is 0. The number of nitrogen functional groups attached to an aromatic ring is 1. The molecule has 0 fully saturated rings. The van der Waals surface area contributed by atoms with E-state index < -0.39 is 19.4 Å². The molecule has 0 aromatic carbocycles. The second-order valence-corrected chi connectivity index (χ2v) is 6.22. The Morgan fingerprint density at radius 1 is 1.47 bits per heavy atom. The van der Waals surface area contributed by atoms with Crippen LogP contribution >= 0.6 is 7.60 Å². The first-order valence-corrected chi connectivity index (χ1v) is 7.14. The zero-order chi connectivity index (χ0) is 14.2. The van der Waals surface area contributed by atoms with Gasteiger partial charge in [-0.1, -0.05) is 0 Å². The maximum atomic E-state index is 11.1. The van der Waals surface area contributed by atoms with Crippen molar-refractivity contribution in [3.05, 3.63) is 12.5 Å². The summed E-state index contributed by atoms with van der Waals surface area (Å²) in [6.45, 7) is 1.24. The van der Waals surface area contributed by atoms with Crippen LogP contribution in [0.25, 0.3) is 11.2 Å². The Bertz CT molecular complexity index is 639. The number of hydrogen-bond acceptors (Lipinski definition) is 6. The van der Waals surface area contributed by atoms with Gasteiger partial charge < -0.3 is 25.2 Å². The van der Waals surface area contributed by atoms with E-state index >= 15 is 0 Å². The highest BCUT2D eigenvalue weighted by Gasteiger charge is 2.31. The van der Waals surface area contributed by atoms with Crippen LogP contribution in [0.4, 0.5) is 5.95 Å². The average Bonchev–Trinajstić information content (AvgIpc) is 2.69. The van der Waals surface area contributed by atoms with Gasteiger partial charge in [-0.2, -0.15) is 4.98 Å². The van der Waals surface area contributed by atoms with Gasteiger partial charge in [-0.15, -0.1) is 0 Å². The minimum absolute atomic E-state index is 0.0424. The number of aliphatic hydroxyl groups is 1. The molecule has 2 heterocycles. The molecule has 19 heavy (non-hydrogen) atoms. The lowest BCUT2D eigenvalue weighted by atomic mass is 10.2. The van der Waals surface area contributed by atoms with Crippen molar-refractivity contribution < 1.29 is 19.5 Å². The van der Waals surface area contributed by atoms with Crippen LogP contribution in [0.2, 0.25) is 0 Å². The molecule has 104 valence electrons. The third-order valence-corrected chi connectivity index (χ3v) is 4.25. The monoisotopic (exact) mass is 287 g/mol. The number of anilines is 1. The maximum Gasteiger partial charge on any atom is 0.330 e. The van der Waals surface area contributed by atoms with Gasteiger partial charge in [0, 0.05) is 0 Å². The zero-order valence-electron chi connectivity index (χ0n) is 10.1. The van der Waals surface area contributed by atoms with E-state index in [1.165, 1.54) is 24.0 Å². The van der Waals surface area contributed by atoms with E-state index in [1.54, 1.807) is 0 Å². The smallest absolute Gasteiger partial charge is 0.330 e. The Balaban J connectivity index is 2.26. The Kier molecular flexibility index (Phi) is 3.55. The van der Waals surface area contributed by atoms with Crippen LogP contribution in [0.5, 0.6) is 0 Å². The van der Waals surface area contributed by atoms with Crippen molar-refractivity contribution in [3.8, 4) is 0 Å². The second kappa shape index (κ2) is 4.86. The number of imidazole rings is 1. The maximum absolute atomic E-state index is 11.1. The SMILES string of the molecule is CC([C@H](O)Cn1cnc2cnc(N)nc21)P(=O)(O)O. The lowest BCUT2D eigenvalue weighted by Gasteiger charge is -2.20. The van der Waals surface area contributed by atoms with E-state index in [2.05, 4.69) is 15.0 Å². The predicted molar refractivity (Wildman–Crippen MR) is 67.2 cm³/mol. The third kappa shape index (κ3) is 2.90. The van der Waals surface area contributed by atoms with E-state index in [0.29, 0.717) is 11.2 Å². The van der Waals surface area contributed by atoms with E-state index in [0.717, 1.165) is 0 Å². The lowest BCUT2D eigenvalue weighted by Crippen LogP contribution is -2.28. The van der Waals surface area contributed by atoms with Gasteiger partial charge in [0.2, 0.25) is 5.95 Å². The Labute approximate surface area is 108 Å². The number of fused-ring (bicyclic) bond motifs is 1. The van der Waals surface area contributed by atoms with E-state index in [4.69, 9.17) is 15.5 Å². The zero-order valence-corrected chi connectivity index (χ0v) is 11.0. The first-order chi connectivity index (χ1) is 8.79. The highest BCUT2D eigenvalue weighted by atomic mass is 31.2. The van der Waals surface area contributed by atoms with Gasteiger partial charge in [0.05, 0.1) is 30.8 Å². The molecule has 2 atom stereocenters. The molecule has 0 aliphatic rings. The molecule has 0 saturated carbocycles. The second-order valence-electron chi connectivity index (χ2n) is 4.23. The summed E-state index contributed by atoms with van der Waals surface area (Å²) in [5.41, 5.74) is 5.18. The summed E-state index contributed by atoms with van der Waals surface area (Å²) in [6.07, 6.45) is 1.62. The van der Waals surface area contributed by atoms with Crippen molar-refractivity contribution in [1.29, 1.82) is 0 Å². The van der Waals surface area contributed by atoms with Gasteiger partial charge in [-0.3, -0.25) is 4.57 Å². The molecule has 0 spiro atoms. The molecule has 9 nitrogen and oxygen atoms in total. The molecule has 2 rings (SSSR count). The highest BCUT2D eigenvalue weighted by Crippen LogP contribution is 2.42. The van der Waals surface area contributed by atoms with Crippen molar-refractivity contribution in [2.24, 2.45) is 0 Å². The summed E-state index contributed by atoms with van der Waals surface area (Å²) in [5, 5.41) is 9.84. The van der Waals surface area contributed by atoms with E-state index in [-0.39, 0.29) is 12.5 Å². The van der Waals surface area contributed by atoms with E-state index in [9.17, 15) is 9.67 Å². The summed E-state index contributed by atoms with van der Waals surface area (Å²) in [4.78, 5) is 29.8. The fraction of sp³-hybridized carbons (Fsp3) is 0.444. The minimum Gasteiger partial charge on any atom is -0.390 e. The Morgan fingerprint density at radius 3 is 2.79 bits per heavy atom. The molecule has 0 amide bonds. The number of aromatic nitrogens is 4. The first kappa shape index (κ1) is 13.9. The molecule has 5 N–H and O–H groups in total. The molecule has 0 saturated heterocycles. The van der Waals surface area contributed by atoms with Crippen LogP contribution in [-0.2, 0) is 11.1 Å². The van der Waals surface area contributed by atoms with Gasteiger partial charge in [0.25, 0.3) is 0 Å². The molecule has 10 heteroatoms. The van der Waals surface area contributed by atoms with Crippen LogP contribution in [0.1, 0.15) is 6.92 Å².